The van der Waals surface area contributed by atoms with Crippen LogP contribution in [0.1, 0.15) is 31.1 Å². The molecule has 1 N–H and O–H groups in total. The topological polar surface area (TPSA) is 45.2 Å². The first-order valence-electron chi connectivity index (χ1n) is 7.31. The number of amides is 1. The van der Waals surface area contributed by atoms with Gasteiger partial charge >= 0.3 is 0 Å². The summed E-state index contributed by atoms with van der Waals surface area (Å²) in [6.45, 7) is 7.35. The second-order valence-electron chi connectivity index (χ2n) is 5.25. The number of carbonyl (C=O) groups excluding carboxylic acids is 1. The van der Waals surface area contributed by atoms with Gasteiger partial charge in [-0.1, -0.05) is 11.6 Å². The van der Waals surface area contributed by atoms with Crippen molar-refractivity contribution in [2.24, 2.45) is 0 Å². The highest BCUT2D eigenvalue weighted by molar-refractivity contribution is 6.29. The highest BCUT2D eigenvalue weighted by Gasteiger charge is 2.10. The highest BCUT2D eigenvalue weighted by atomic mass is 35.5. The molecule has 0 saturated heterocycles. The van der Waals surface area contributed by atoms with Crippen LogP contribution in [0, 0.1) is 0 Å². The molecule has 1 aromatic heterocycles. The van der Waals surface area contributed by atoms with Crippen LogP contribution in [-0.4, -0.2) is 23.5 Å². The minimum absolute atomic E-state index is 0.164. The van der Waals surface area contributed by atoms with Crippen molar-refractivity contribution in [3.05, 3.63) is 53.3 Å². The first-order valence-corrected chi connectivity index (χ1v) is 7.68. The second-order valence-corrected chi connectivity index (χ2v) is 5.64. The number of aromatic nitrogens is 1. The molecule has 0 aliphatic carbocycles. The molecule has 0 bridgehead atoms. The number of hydrogen-bond acceptors (Lipinski definition) is 3. The maximum atomic E-state index is 12.2. The molecule has 5 heteroatoms. The molecule has 4 nitrogen and oxygen atoms in total. The molecule has 0 fully saturated rings. The number of carbonyl (C=O) groups is 1. The van der Waals surface area contributed by atoms with E-state index < -0.39 is 0 Å². The van der Waals surface area contributed by atoms with Crippen molar-refractivity contribution in [1.82, 2.24) is 4.98 Å². The fraction of sp³-hybridized carbons (Fsp3) is 0.294. The number of nitrogens with one attached hydrogen (secondary N) is 1. The summed E-state index contributed by atoms with van der Waals surface area (Å²) in [6, 6.07) is 11.4. The fourth-order valence-electron chi connectivity index (χ4n) is 2.30. The number of anilines is 2. The molecule has 0 spiro atoms. The molecule has 2 aromatic rings. The number of rotatable bonds is 5. The van der Waals surface area contributed by atoms with Crippen LogP contribution in [0.3, 0.4) is 0 Å². The Morgan fingerprint density at radius 2 is 1.91 bits per heavy atom. The zero-order valence-corrected chi connectivity index (χ0v) is 13.8. The number of nitrogens with zero attached hydrogens (tertiary/aromatic N) is 2. The summed E-state index contributed by atoms with van der Waals surface area (Å²) in [4.78, 5) is 18.4. The molecule has 0 aliphatic heterocycles. The maximum Gasteiger partial charge on any atom is 0.255 e. The van der Waals surface area contributed by atoms with Crippen molar-refractivity contribution in [1.29, 1.82) is 0 Å². The van der Waals surface area contributed by atoms with Crippen LogP contribution < -0.4 is 10.2 Å². The van der Waals surface area contributed by atoms with Gasteiger partial charge < -0.3 is 10.2 Å². The summed E-state index contributed by atoms with van der Waals surface area (Å²) in [7, 11) is 0. The van der Waals surface area contributed by atoms with Crippen LogP contribution >= 0.6 is 11.6 Å². The van der Waals surface area contributed by atoms with Gasteiger partial charge in [0.15, 0.2) is 0 Å². The molecule has 0 radical (unpaired) electrons. The third-order valence-electron chi connectivity index (χ3n) is 3.41. The highest BCUT2D eigenvalue weighted by Crippen LogP contribution is 2.18. The van der Waals surface area contributed by atoms with Gasteiger partial charge in [0.2, 0.25) is 0 Å². The predicted octanol–water partition coefficient (Wildman–Crippen LogP) is 4.22. The number of halogens is 1. The minimum atomic E-state index is -0.164. The normalized spacial score (nSPS) is 10.6. The van der Waals surface area contributed by atoms with Gasteiger partial charge in [-0.05, 0) is 57.2 Å². The van der Waals surface area contributed by atoms with Crippen molar-refractivity contribution in [2.75, 3.05) is 16.8 Å². The van der Waals surface area contributed by atoms with Crippen LogP contribution in [0.25, 0.3) is 0 Å². The monoisotopic (exact) mass is 317 g/mol. The Kier molecular flexibility index (Phi) is 5.39. The van der Waals surface area contributed by atoms with Crippen LogP contribution in [0.4, 0.5) is 11.4 Å². The quantitative estimate of drug-likeness (QED) is 0.840. The number of hydrogen-bond donors (Lipinski definition) is 1. The third kappa shape index (κ3) is 3.98. The van der Waals surface area contributed by atoms with E-state index in [1.165, 1.54) is 6.20 Å². The third-order valence-corrected chi connectivity index (χ3v) is 3.63. The van der Waals surface area contributed by atoms with E-state index in [2.05, 4.69) is 36.0 Å². The van der Waals surface area contributed by atoms with E-state index in [0.717, 1.165) is 12.2 Å². The van der Waals surface area contributed by atoms with Crippen molar-refractivity contribution in [3.63, 3.8) is 0 Å². The summed E-state index contributed by atoms with van der Waals surface area (Å²) in [5, 5.41) is 3.20. The van der Waals surface area contributed by atoms with Crippen molar-refractivity contribution in [3.8, 4) is 0 Å². The fourth-order valence-corrected chi connectivity index (χ4v) is 2.41. The summed E-state index contributed by atoms with van der Waals surface area (Å²) in [5.74, 6) is -0.164. The maximum absolute atomic E-state index is 12.2. The molecule has 116 valence electrons. The van der Waals surface area contributed by atoms with E-state index in [1.807, 2.05) is 24.3 Å². The van der Waals surface area contributed by atoms with Gasteiger partial charge in [0.25, 0.3) is 5.91 Å². The zero-order valence-electron chi connectivity index (χ0n) is 13.0. The van der Waals surface area contributed by atoms with Gasteiger partial charge in [0.05, 0.1) is 11.9 Å². The Hall–Kier alpha value is -2.07. The Bertz CT molecular complexity index is 623. The SMILES string of the molecule is CCN(c1ccc(C(=O)Nc2ccc(Cl)nc2)cc1)C(C)C. The lowest BCUT2D eigenvalue weighted by atomic mass is 10.1. The summed E-state index contributed by atoms with van der Waals surface area (Å²) < 4.78 is 0. The summed E-state index contributed by atoms with van der Waals surface area (Å²) in [6.07, 6.45) is 1.53. The lowest BCUT2D eigenvalue weighted by Gasteiger charge is -2.27. The Morgan fingerprint density at radius 3 is 2.41 bits per heavy atom. The molecule has 0 saturated carbocycles. The first kappa shape index (κ1) is 16.3. The molecule has 2 rings (SSSR count). The molecule has 1 amide bonds. The molecule has 0 unspecified atom stereocenters. The first-order chi connectivity index (χ1) is 10.5. The van der Waals surface area contributed by atoms with E-state index in [1.54, 1.807) is 12.1 Å². The van der Waals surface area contributed by atoms with Gasteiger partial charge in [-0.2, -0.15) is 0 Å². The minimum Gasteiger partial charge on any atom is -0.369 e. The molecule has 0 aliphatic rings. The van der Waals surface area contributed by atoms with Crippen molar-refractivity contribution >= 4 is 28.9 Å². The lowest BCUT2D eigenvalue weighted by Crippen LogP contribution is -2.30. The molecule has 22 heavy (non-hydrogen) atoms. The van der Waals surface area contributed by atoms with E-state index in [4.69, 9.17) is 11.6 Å². The van der Waals surface area contributed by atoms with Gasteiger partial charge in [0.1, 0.15) is 5.15 Å². The summed E-state index contributed by atoms with van der Waals surface area (Å²) in [5.41, 5.74) is 2.34. The van der Waals surface area contributed by atoms with Gasteiger partial charge in [-0.15, -0.1) is 0 Å². The average molecular weight is 318 g/mol. The molecular weight excluding hydrogens is 298 g/mol. The number of pyridine rings is 1. The van der Waals surface area contributed by atoms with Gasteiger partial charge in [0, 0.05) is 23.8 Å². The average Bonchev–Trinajstić information content (AvgIpc) is 2.50. The summed E-state index contributed by atoms with van der Waals surface area (Å²) >= 11 is 5.72. The standard InChI is InChI=1S/C17H20ClN3O/c1-4-21(12(2)3)15-8-5-13(6-9-15)17(22)20-14-7-10-16(18)19-11-14/h5-12H,4H2,1-3H3,(H,20,22). The Balaban J connectivity index is 2.09. The van der Waals surface area contributed by atoms with Crippen LogP contribution in [0.15, 0.2) is 42.6 Å². The lowest BCUT2D eigenvalue weighted by molar-refractivity contribution is 0.102. The van der Waals surface area contributed by atoms with E-state index >= 15 is 0 Å². The Labute approximate surface area is 136 Å². The van der Waals surface area contributed by atoms with Crippen LogP contribution in [0.5, 0.6) is 0 Å². The van der Waals surface area contributed by atoms with E-state index in [9.17, 15) is 4.79 Å². The molecule has 0 atom stereocenters. The molecular formula is C17H20ClN3O. The van der Waals surface area contributed by atoms with Crippen LogP contribution in [-0.2, 0) is 0 Å². The van der Waals surface area contributed by atoms with Crippen LogP contribution in [0.2, 0.25) is 5.15 Å². The van der Waals surface area contributed by atoms with E-state index in [-0.39, 0.29) is 5.91 Å². The second kappa shape index (κ2) is 7.27. The largest absolute Gasteiger partial charge is 0.369 e. The zero-order chi connectivity index (χ0) is 16.1. The number of benzene rings is 1. The molecule has 1 heterocycles. The Morgan fingerprint density at radius 1 is 1.23 bits per heavy atom. The smallest absolute Gasteiger partial charge is 0.255 e. The van der Waals surface area contributed by atoms with Crippen molar-refractivity contribution in [2.45, 2.75) is 26.8 Å². The predicted molar refractivity (Wildman–Crippen MR) is 91.8 cm³/mol. The van der Waals surface area contributed by atoms with Crippen molar-refractivity contribution < 1.29 is 4.79 Å². The van der Waals surface area contributed by atoms with Gasteiger partial charge in [-0.3, -0.25) is 4.79 Å². The van der Waals surface area contributed by atoms with E-state index in [0.29, 0.717) is 22.4 Å². The molecule has 1 aromatic carbocycles. The van der Waals surface area contributed by atoms with Gasteiger partial charge in [-0.25, -0.2) is 4.98 Å².